The van der Waals surface area contributed by atoms with Crippen molar-refractivity contribution in [2.75, 3.05) is 11.9 Å². The molecule has 1 fully saturated rings. The van der Waals surface area contributed by atoms with Crippen LogP contribution in [-0.4, -0.2) is 32.5 Å². The minimum absolute atomic E-state index is 0.0806. The van der Waals surface area contributed by atoms with Crippen molar-refractivity contribution in [1.29, 1.82) is 0 Å². The van der Waals surface area contributed by atoms with Crippen molar-refractivity contribution in [3.63, 3.8) is 0 Å². The molecule has 0 saturated carbocycles. The summed E-state index contributed by atoms with van der Waals surface area (Å²) in [6.45, 7) is -0.253. The first-order valence-corrected chi connectivity index (χ1v) is 8.50. The number of hydrogen-bond donors (Lipinski definition) is 1. The molecular formula is C16H11N3O5S2. The second-order valence-corrected chi connectivity index (χ2v) is 6.81. The molecule has 2 aromatic rings. The summed E-state index contributed by atoms with van der Waals surface area (Å²) in [7, 11) is 0. The Morgan fingerprint density at radius 1 is 1.35 bits per heavy atom. The standard InChI is InChI=1S/C16H11N3O5S2/c20-14(17-10-3-5-11(6-4-10)19(22)23)9-18-15(21)13(26-16(18)25)8-12-2-1-7-24-12/h1-8H,9H2,(H,17,20)/b13-8-. The first kappa shape index (κ1) is 17.8. The number of furan rings is 1. The van der Waals surface area contributed by atoms with Crippen LogP contribution in [0.5, 0.6) is 0 Å². The molecule has 0 aliphatic carbocycles. The number of non-ortho nitro benzene ring substituents is 1. The summed E-state index contributed by atoms with van der Waals surface area (Å²) in [6.07, 6.45) is 3.05. The minimum atomic E-state index is -0.531. The van der Waals surface area contributed by atoms with E-state index in [0.29, 0.717) is 16.4 Å². The van der Waals surface area contributed by atoms with Crippen molar-refractivity contribution in [2.45, 2.75) is 0 Å². The van der Waals surface area contributed by atoms with Crippen LogP contribution in [0.25, 0.3) is 6.08 Å². The summed E-state index contributed by atoms with van der Waals surface area (Å²) in [6, 6.07) is 8.79. The molecule has 1 N–H and O–H groups in total. The Bertz CT molecular complexity index is 906. The van der Waals surface area contributed by atoms with Crippen LogP contribution in [-0.2, 0) is 9.59 Å². The van der Waals surface area contributed by atoms with Gasteiger partial charge in [-0.1, -0.05) is 24.0 Å². The van der Waals surface area contributed by atoms with Crippen LogP contribution in [0.1, 0.15) is 5.76 Å². The highest BCUT2D eigenvalue weighted by Crippen LogP contribution is 2.32. The van der Waals surface area contributed by atoms with E-state index < -0.39 is 10.8 Å². The Hall–Kier alpha value is -2.98. The summed E-state index contributed by atoms with van der Waals surface area (Å²) in [5.74, 6) is -0.328. The summed E-state index contributed by atoms with van der Waals surface area (Å²) in [4.78, 5) is 36.2. The maximum Gasteiger partial charge on any atom is 0.269 e. The number of nitro groups is 1. The Morgan fingerprint density at radius 3 is 2.69 bits per heavy atom. The molecule has 26 heavy (non-hydrogen) atoms. The fourth-order valence-corrected chi connectivity index (χ4v) is 3.38. The number of nitrogens with zero attached hydrogens (tertiary/aromatic N) is 2. The highest BCUT2D eigenvalue weighted by Gasteiger charge is 2.33. The van der Waals surface area contributed by atoms with E-state index in [1.807, 2.05) is 0 Å². The summed E-state index contributed by atoms with van der Waals surface area (Å²) < 4.78 is 5.44. The minimum Gasteiger partial charge on any atom is -0.465 e. The van der Waals surface area contributed by atoms with Gasteiger partial charge < -0.3 is 9.73 Å². The molecule has 1 aliphatic rings. The van der Waals surface area contributed by atoms with Crippen LogP contribution in [0.15, 0.2) is 52.0 Å². The lowest BCUT2D eigenvalue weighted by molar-refractivity contribution is -0.384. The van der Waals surface area contributed by atoms with Gasteiger partial charge in [-0.05, 0) is 24.3 Å². The Balaban J connectivity index is 1.64. The van der Waals surface area contributed by atoms with Gasteiger partial charge in [-0.25, -0.2) is 0 Å². The molecule has 1 aromatic carbocycles. The lowest BCUT2D eigenvalue weighted by atomic mass is 10.3. The zero-order chi connectivity index (χ0) is 18.7. The predicted octanol–water partition coefficient (Wildman–Crippen LogP) is 3.03. The van der Waals surface area contributed by atoms with E-state index in [9.17, 15) is 19.7 Å². The van der Waals surface area contributed by atoms with E-state index in [1.54, 1.807) is 18.2 Å². The van der Waals surface area contributed by atoms with Crippen molar-refractivity contribution in [3.05, 3.63) is 63.4 Å². The second kappa shape index (κ2) is 7.50. The number of carbonyl (C=O) groups excluding carboxylic acids is 2. The molecule has 0 atom stereocenters. The Kier molecular flexibility index (Phi) is 5.14. The Labute approximate surface area is 157 Å². The van der Waals surface area contributed by atoms with Gasteiger partial charge in [0.2, 0.25) is 5.91 Å². The number of carbonyl (C=O) groups is 2. The molecule has 132 valence electrons. The topological polar surface area (TPSA) is 106 Å². The van der Waals surface area contributed by atoms with Gasteiger partial charge >= 0.3 is 0 Å². The first-order valence-electron chi connectivity index (χ1n) is 7.27. The highest BCUT2D eigenvalue weighted by molar-refractivity contribution is 8.26. The van der Waals surface area contributed by atoms with E-state index >= 15 is 0 Å². The molecule has 10 heteroatoms. The van der Waals surface area contributed by atoms with Crippen molar-refractivity contribution in [2.24, 2.45) is 0 Å². The van der Waals surface area contributed by atoms with Crippen LogP contribution in [0.4, 0.5) is 11.4 Å². The number of thiocarbonyl (C=S) groups is 1. The molecule has 2 heterocycles. The van der Waals surface area contributed by atoms with Crippen LogP contribution in [0.2, 0.25) is 0 Å². The third-order valence-electron chi connectivity index (χ3n) is 3.35. The van der Waals surface area contributed by atoms with E-state index in [-0.39, 0.29) is 22.5 Å². The fraction of sp³-hybridized carbons (Fsp3) is 0.0625. The normalized spacial score (nSPS) is 15.5. The van der Waals surface area contributed by atoms with Gasteiger partial charge in [-0.3, -0.25) is 24.6 Å². The quantitative estimate of drug-likeness (QED) is 0.363. The first-order chi connectivity index (χ1) is 12.4. The zero-order valence-electron chi connectivity index (χ0n) is 13.1. The van der Waals surface area contributed by atoms with E-state index in [0.717, 1.165) is 11.8 Å². The summed E-state index contributed by atoms with van der Waals surface area (Å²) in [5.41, 5.74) is 0.306. The van der Waals surface area contributed by atoms with Crippen LogP contribution < -0.4 is 5.32 Å². The maximum atomic E-state index is 12.4. The summed E-state index contributed by atoms with van der Waals surface area (Å²) in [5, 5.41) is 13.2. The van der Waals surface area contributed by atoms with Gasteiger partial charge in [0.25, 0.3) is 11.6 Å². The number of nitrogens with one attached hydrogen (secondary N) is 1. The number of nitro benzene ring substituents is 1. The van der Waals surface area contributed by atoms with E-state index in [2.05, 4.69) is 5.32 Å². The smallest absolute Gasteiger partial charge is 0.269 e. The molecule has 0 spiro atoms. The number of thioether (sulfide) groups is 1. The zero-order valence-corrected chi connectivity index (χ0v) is 14.7. The third-order valence-corrected chi connectivity index (χ3v) is 4.73. The molecule has 0 bridgehead atoms. The van der Waals surface area contributed by atoms with Gasteiger partial charge in [0.15, 0.2) is 0 Å². The number of hydrogen-bond acceptors (Lipinski definition) is 7. The summed E-state index contributed by atoms with van der Waals surface area (Å²) >= 11 is 6.25. The number of rotatable bonds is 5. The second-order valence-electron chi connectivity index (χ2n) is 5.14. The predicted molar refractivity (Wildman–Crippen MR) is 100 cm³/mol. The molecule has 0 unspecified atom stereocenters. The van der Waals surface area contributed by atoms with Crippen LogP contribution >= 0.6 is 24.0 Å². The average Bonchev–Trinajstić information content (AvgIpc) is 3.20. The van der Waals surface area contributed by atoms with E-state index in [1.165, 1.54) is 35.4 Å². The van der Waals surface area contributed by atoms with Crippen molar-refractivity contribution >= 4 is 57.6 Å². The van der Waals surface area contributed by atoms with Crippen LogP contribution in [0.3, 0.4) is 0 Å². The molecule has 2 amide bonds. The average molecular weight is 389 g/mol. The van der Waals surface area contributed by atoms with Gasteiger partial charge in [-0.15, -0.1) is 0 Å². The maximum absolute atomic E-state index is 12.4. The molecule has 1 saturated heterocycles. The molecule has 0 radical (unpaired) electrons. The van der Waals surface area contributed by atoms with Crippen LogP contribution in [0, 0.1) is 10.1 Å². The number of benzene rings is 1. The monoisotopic (exact) mass is 389 g/mol. The largest absolute Gasteiger partial charge is 0.465 e. The molecule has 1 aromatic heterocycles. The lowest BCUT2D eigenvalue weighted by Gasteiger charge is -2.14. The van der Waals surface area contributed by atoms with Crippen molar-refractivity contribution in [3.8, 4) is 0 Å². The van der Waals surface area contributed by atoms with Gasteiger partial charge in [0, 0.05) is 23.9 Å². The van der Waals surface area contributed by atoms with Gasteiger partial charge in [-0.2, -0.15) is 0 Å². The van der Waals surface area contributed by atoms with Gasteiger partial charge in [0.1, 0.15) is 16.6 Å². The van der Waals surface area contributed by atoms with Crippen molar-refractivity contribution < 1.29 is 18.9 Å². The molecule has 8 nitrogen and oxygen atoms in total. The fourth-order valence-electron chi connectivity index (χ4n) is 2.15. The van der Waals surface area contributed by atoms with Gasteiger partial charge in [0.05, 0.1) is 16.1 Å². The Morgan fingerprint density at radius 2 is 2.08 bits per heavy atom. The lowest BCUT2D eigenvalue weighted by Crippen LogP contribution is -2.36. The van der Waals surface area contributed by atoms with Crippen molar-refractivity contribution in [1.82, 2.24) is 4.90 Å². The SMILES string of the molecule is O=C(CN1C(=O)/C(=C/c2ccco2)SC1=S)Nc1ccc([N+](=O)[O-])cc1. The molecule has 3 rings (SSSR count). The molecular weight excluding hydrogens is 378 g/mol. The number of amides is 2. The van der Waals surface area contributed by atoms with E-state index in [4.69, 9.17) is 16.6 Å². The third kappa shape index (κ3) is 3.98. The number of anilines is 1. The molecule has 1 aliphatic heterocycles. The highest BCUT2D eigenvalue weighted by atomic mass is 32.2.